The van der Waals surface area contributed by atoms with Gasteiger partial charge in [-0.15, -0.1) is 0 Å². The van der Waals surface area contributed by atoms with Gasteiger partial charge in [-0.2, -0.15) is 0 Å². The van der Waals surface area contributed by atoms with Crippen LogP contribution in [0.15, 0.2) is 18.3 Å². The van der Waals surface area contributed by atoms with Crippen molar-refractivity contribution in [2.45, 2.75) is 0 Å². The van der Waals surface area contributed by atoms with Crippen molar-refractivity contribution in [2.24, 2.45) is 0 Å². The Morgan fingerprint density at radius 1 is 1.35 bits per heavy atom. The van der Waals surface area contributed by atoms with Crippen molar-refractivity contribution in [1.82, 2.24) is 14.9 Å². The van der Waals surface area contributed by atoms with Crippen LogP contribution in [0, 0.1) is 0 Å². The molecule has 0 unspecified atom stereocenters. The summed E-state index contributed by atoms with van der Waals surface area (Å²) in [6.45, 7) is 0. The zero-order chi connectivity index (χ0) is 12.6. The zero-order valence-corrected chi connectivity index (χ0v) is 10.7. The molecule has 0 bridgehead atoms. The summed E-state index contributed by atoms with van der Waals surface area (Å²) in [5.41, 5.74) is 0.636. The highest BCUT2D eigenvalue weighted by Gasteiger charge is 2.20. The number of amides is 1. The lowest BCUT2D eigenvalue weighted by Crippen LogP contribution is -2.22. The first-order chi connectivity index (χ1) is 8.02. The molecule has 0 spiro atoms. The van der Waals surface area contributed by atoms with Crippen molar-refractivity contribution < 1.29 is 4.79 Å². The van der Waals surface area contributed by atoms with Crippen LogP contribution in [0.4, 0.5) is 0 Å². The number of halogens is 2. The van der Waals surface area contributed by atoms with Gasteiger partial charge in [0, 0.05) is 25.7 Å². The van der Waals surface area contributed by atoms with Crippen LogP contribution >= 0.6 is 23.2 Å². The predicted molar refractivity (Wildman–Crippen MR) is 67.6 cm³/mol. The molecular weight excluding hydrogens is 261 g/mol. The van der Waals surface area contributed by atoms with E-state index < -0.39 is 0 Å². The molecule has 0 saturated heterocycles. The molecule has 2 aromatic heterocycles. The minimum atomic E-state index is -0.279. The van der Waals surface area contributed by atoms with Crippen LogP contribution in [0.3, 0.4) is 0 Å². The monoisotopic (exact) mass is 269 g/mol. The first-order valence-electron chi connectivity index (χ1n) is 4.83. The van der Waals surface area contributed by atoms with Crippen molar-refractivity contribution in [2.75, 3.05) is 14.1 Å². The Balaban J connectivity index is 2.76. The van der Waals surface area contributed by atoms with Gasteiger partial charge in [-0.25, -0.2) is 9.97 Å². The van der Waals surface area contributed by atoms with Crippen LogP contribution in [0.5, 0.6) is 0 Å². The van der Waals surface area contributed by atoms with Gasteiger partial charge < -0.3 is 4.90 Å². The number of hydrogen-bond donors (Lipinski definition) is 0. The first-order valence-corrected chi connectivity index (χ1v) is 5.59. The second-order valence-corrected chi connectivity index (χ2v) is 4.40. The fourth-order valence-electron chi connectivity index (χ4n) is 1.44. The van der Waals surface area contributed by atoms with E-state index in [0.717, 1.165) is 0 Å². The fourth-order valence-corrected chi connectivity index (χ4v) is 2.06. The minimum Gasteiger partial charge on any atom is -0.345 e. The Morgan fingerprint density at radius 3 is 2.71 bits per heavy atom. The van der Waals surface area contributed by atoms with E-state index in [2.05, 4.69) is 9.97 Å². The molecule has 0 aliphatic rings. The van der Waals surface area contributed by atoms with Gasteiger partial charge in [0.25, 0.3) is 5.91 Å². The number of carbonyl (C=O) groups excluding carboxylic acids is 1. The van der Waals surface area contributed by atoms with Gasteiger partial charge in [0.05, 0.1) is 10.6 Å². The fraction of sp³-hybridized carbons (Fsp3) is 0.182. The van der Waals surface area contributed by atoms with Crippen molar-refractivity contribution in [3.05, 3.63) is 34.1 Å². The molecule has 1 amide bonds. The van der Waals surface area contributed by atoms with Gasteiger partial charge in [0.15, 0.2) is 5.65 Å². The summed E-state index contributed by atoms with van der Waals surface area (Å²) in [5.74, 6) is -0.279. The van der Waals surface area contributed by atoms with Crippen molar-refractivity contribution >= 4 is 40.1 Å². The molecule has 0 aromatic carbocycles. The lowest BCUT2D eigenvalue weighted by atomic mass is 10.2. The van der Waals surface area contributed by atoms with Crippen molar-refractivity contribution in [3.63, 3.8) is 0 Å². The summed E-state index contributed by atoms with van der Waals surface area (Å²) < 4.78 is 0. The molecule has 17 heavy (non-hydrogen) atoms. The molecule has 6 heteroatoms. The quantitative estimate of drug-likeness (QED) is 0.748. The maximum atomic E-state index is 11.9. The largest absolute Gasteiger partial charge is 0.345 e. The Morgan fingerprint density at radius 2 is 2.06 bits per heavy atom. The SMILES string of the molecule is CN(C)C(=O)c1c(Cl)nc2ncccc2c1Cl. The highest BCUT2D eigenvalue weighted by atomic mass is 35.5. The van der Waals surface area contributed by atoms with Gasteiger partial charge >= 0.3 is 0 Å². The van der Waals surface area contributed by atoms with Crippen LogP contribution in [0.1, 0.15) is 10.4 Å². The van der Waals surface area contributed by atoms with Crippen LogP contribution in [-0.4, -0.2) is 34.9 Å². The molecular formula is C11H9Cl2N3O. The van der Waals surface area contributed by atoms with Crippen LogP contribution < -0.4 is 0 Å². The third-order valence-electron chi connectivity index (χ3n) is 2.27. The van der Waals surface area contributed by atoms with E-state index in [1.165, 1.54) is 4.90 Å². The third kappa shape index (κ3) is 2.06. The highest BCUT2D eigenvalue weighted by Crippen LogP contribution is 2.30. The summed E-state index contributed by atoms with van der Waals surface area (Å²) in [4.78, 5) is 21.4. The lowest BCUT2D eigenvalue weighted by Gasteiger charge is -2.13. The van der Waals surface area contributed by atoms with E-state index in [1.807, 2.05) is 0 Å². The normalized spacial score (nSPS) is 10.6. The zero-order valence-electron chi connectivity index (χ0n) is 9.24. The second-order valence-electron chi connectivity index (χ2n) is 3.67. The van der Waals surface area contributed by atoms with Gasteiger partial charge in [0.1, 0.15) is 5.15 Å². The molecule has 2 heterocycles. The Hall–Kier alpha value is -1.39. The molecule has 0 aliphatic carbocycles. The van der Waals surface area contributed by atoms with Gasteiger partial charge in [-0.05, 0) is 12.1 Å². The average Bonchev–Trinajstić information content (AvgIpc) is 2.28. The Bertz CT molecular complexity index is 599. The molecule has 88 valence electrons. The van der Waals surface area contributed by atoms with E-state index in [4.69, 9.17) is 23.2 Å². The lowest BCUT2D eigenvalue weighted by molar-refractivity contribution is 0.0828. The predicted octanol–water partition coefficient (Wildman–Crippen LogP) is 2.64. The van der Waals surface area contributed by atoms with Gasteiger partial charge in [-0.3, -0.25) is 4.79 Å². The average molecular weight is 270 g/mol. The molecule has 0 fully saturated rings. The summed E-state index contributed by atoms with van der Waals surface area (Å²) in [7, 11) is 3.25. The van der Waals surface area contributed by atoms with Crippen molar-refractivity contribution in [3.8, 4) is 0 Å². The Labute approximate surface area is 108 Å². The van der Waals surface area contributed by atoms with E-state index in [0.29, 0.717) is 11.0 Å². The summed E-state index contributed by atoms with van der Waals surface area (Å²) in [6.07, 6.45) is 1.59. The topological polar surface area (TPSA) is 46.1 Å². The number of aromatic nitrogens is 2. The molecule has 0 radical (unpaired) electrons. The van der Waals surface area contributed by atoms with Gasteiger partial charge in [-0.1, -0.05) is 23.2 Å². The van der Waals surface area contributed by atoms with Crippen LogP contribution in [0.2, 0.25) is 10.2 Å². The second kappa shape index (κ2) is 4.47. The third-order valence-corrected chi connectivity index (χ3v) is 2.94. The van der Waals surface area contributed by atoms with E-state index in [-0.39, 0.29) is 21.6 Å². The number of rotatable bonds is 1. The molecule has 2 rings (SSSR count). The minimum absolute atomic E-state index is 0.0694. The highest BCUT2D eigenvalue weighted by molar-refractivity contribution is 6.42. The summed E-state index contributed by atoms with van der Waals surface area (Å²) in [6, 6.07) is 3.48. The molecule has 0 atom stereocenters. The van der Waals surface area contributed by atoms with E-state index >= 15 is 0 Å². The number of carbonyl (C=O) groups is 1. The number of nitrogens with zero attached hydrogens (tertiary/aromatic N) is 3. The Kier molecular flexibility index (Phi) is 3.17. The molecule has 2 aromatic rings. The smallest absolute Gasteiger partial charge is 0.258 e. The van der Waals surface area contributed by atoms with Crippen LogP contribution in [0.25, 0.3) is 11.0 Å². The number of pyridine rings is 2. The van der Waals surface area contributed by atoms with Crippen LogP contribution in [-0.2, 0) is 0 Å². The standard InChI is InChI=1S/C11H9Cl2N3O/c1-16(2)11(17)7-8(12)6-4-3-5-14-10(6)15-9(7)13/h3-5H,1-2H3. The number of fused-ring (bicyclic) bond motifs is 1. The molecule has 0 N–H and O–H groups in total. The molecule has 4 nitrogen and oxygen atoms in total. The summed E-state index contributed by atoms with van der Waals surface area (Å²) >= 11 is 12.1. The maximum absolute atomic E-state index is 11.9. The van der Waals surface area contributed by atoms with E-state index in [1.54, 1.807) is 32.4 Å². The van der Waals surface area contributed by atoms with Gasteiger partial charge in [0.2, 0.25) is 0 Å². The number of hydrogen-bond acceptors (Lipinski definition) is 3. The molecule has 0 aliphatic heterocycles. The van der Waals surface area contributed by atoms with Crippen molar-refractivity contribution in [1.29, 1.82) is 0 Å². The van der Waals surface area contributed by atoms with E-state index in [9.17, 15) is 4.79 Å². The first kappa shape index (κ1) is 12.1. The molecule has 0 saturated carbocycles. The summed E-state index contributed by atoms with van der Waals surface area (Å²) in [5, 5.41) is 0.968. The maximum Gasteiger partial charge on any atom is 0.258 e.